The summed E-state index contributed by atoms with van der Waals surface area (Å²) in [5, 5.41) is 14.5. The van der Waals surface area contributed by atoms with Gasteiger partial charge >= 0.3 is 0 Å². The van der Waals surface area contributed by atoms with E-state index in [0.717, 1.165) is 21.5 Å². The SMILES string of the molecule is N#CC(C=NCc1ccccc1)=P(c1ccccc1)(c1ccccc1)c1ccccc1. The van der Waals surface area contributed by atoms with E-state index in [1.807, 2.05) is 72.8 Å². The fraction of sp³-hybridized carbons (Fsp3) is 0.0357. The molecular weight excluding hydrogens is 395 g/mol. The zero-order chi connectivity index (χ0) is 21.4. The molecule has 31 heavy (non-hydrogen) atoms. The first-order valence-corrected chi connectivity index (χ1v) is 12.0. The van der Waals surface area contributed by atoms with Crippen molar-refractivity contribution in [3.05, 3.63) is 127 Å². The lowest BCUT2D eigenvalue weighted by Crippen LogP contribution is -2.30. The van der Waals surface area contributed by atoms with Crippen LogP contribution in [0.4, 0.5) is 0 Å². The van der Waals surface area contributed by atoms with Crippen molar-refractivity contribution in [3.63, 3.8) is 0 Å². The minimum absolute atomic E-state index is 0.546. The van der Waals surface area contributed by atoms with Crippen LogP contribution in [-0.2, 0) is 6.54 Å². The number of aliphatic imine (C=N–C) groups is 1. The largest absolute Gasteiger partial charge is 0.287 e. The first kappa shape index (κ1) is 20.6. The first-order valence-electron chi connectivity index (χ1n) is 10.2. The predicted molar refractivity (Wildman–Crippen MR) is 134 cm³/mol. The van der Waals surface area contributed by atoms with E-state index in [2.05, 4.69) is 54.6 Å². The highest BCUT2D eigenvalue weighted by Gasteiger charge is 2.29. The maximum absolute atomic E-state index is 10.4. The van der Waals surface area contributed by atoms with E-state index >= 15 is 0 Å². The molecule has 0 fully saturated rings. The van der Waals surface area contributed by atoms with E-state index in [-0.39, 0.29) is 0 Å². The Morgan fingerprint density at radius 2 is 1.03 bits per heavy atom. The molecule has 0 aliphatic heterocycles. The van der Waals surface area contributed by atoms with Gasteiger partial charge in [0.2, 0.25) is 0 Å². The summed E-state index contributed by atoms with van der Waals surface area (Å²) in [4.78, 5) is 4.70. The fourth-order valence-corrected chi connectivity index (χ4v) is 7.82. The second-order valence-corrected chi connectivity index (χ2v) is 10.5. The van der Waals surface area contributed by atoms with Crippen molar-refractivity contribution >= 4 is 34.3 Å². The van der Waals surface area contributed by atoms with Crippen molar-refractivity contribution < 1.29 is 0 Å². The Hall–Kier alpha value is -3.66. The van der Waals surface area contributed by atoms with E-state index in [9.17, 15) is 5.26 Å². The zero-order valence-corrected chi connectivity index (χ0v) is 18.1. The lowest BCUT2D eigenvalue weighted by molar-refractivity contribution is 1.08. The van der Waals surface area contributed by atoms with E-state index in [1.54, 1.807) is 6.21 Å². The van der Waals surface area contributed by atoms with Crippen molar-refractivity contribution in [1.82, 2.24) is 0 Å². The third-order valence-electron chi connectivity index (χ3n) is 5.24. The third-order valence-corrected chi connectivity index (χ3v) is 9.39. The van der Waals surface area contributed by atoms with Crippen LogP contribution in [0.15, 0.2) is 126 Å². The fourth-order valence-electron chi connectivity index (χ4n) is 3.83. The van der Waals surface area contributed by atoms with E-state index in [4.69, 9.17) is 4.99 Å². The zero-order valence-electron chi connectivity index (χ0n) is 17.2. The highest BCUT2D eigenvalue weighted by Crippen LogP contribution is 2.45. The van der Waals surface area contributed by atoms with Gasteiger partial charge in [-0.15, -0.1) is 0 Å². The summed E-state index contributed by atoms with van der Waals surface area (Å²) in [6.07, 6.45) is 1.80. The standard InChI is InChI=1S/C28H23N2P/c29-21-28(23-30-22-24-13-5-1-6-14-24)31(25-15-7-2-8-16-25,26-17-9-3-10-18-26)27-19-11-4-12-20-27/h1-20,23H,22H2. The van der Waals surface area contributed by atoms with Crippen molar-refractivity contribution in [2.24, 2.45) is 4.99 Å². The van der Waals surface area contributed by atoms with Gasteiger partial charge in [-0.2, -0.15) is 5.26 Å². The molecule has 0 spiro atoms. The summed E-state index contributed by atoms with van der Waals surface area (Å²) >= 11 is 0. The molecule has 0 saturated carbocycles. The van der Waals surface area contributed by atoms with E-state index < -0.39 is 6.89 Å². The second-order valence-electron chi connectivity index (χ2n) is 7.13. The molecule has 4 aromatic carbocycles. The van der Waals surface area contributed by atoms with Gasteiger partial charge in [-0.3, -0.25) is 4.99 Å². The molecule has 2 nitrogen and oxygen atoms in total. The lowest BCUT2D eigenvalue weighted by Gasteiger charge is -2.29. The third kappa shape index (κ3) is 4.29. The molecular formula is C28H23N2P. The molecule has 0 heterocycles. The van der Waals surface area contributed by atoms with Gasteiger partial charge in [-0.1, -0.05) is 121 Å². The number of nitrogens with zero attached hydrogens (tertiary/aromatic N) is 2. The van der Waals surface area contributed by atoms with Gasteiger partial charge in [0.15, 0.2) is 0 Å². The summed E-state index contributed by atoms with van der Waals surface area (Å²) < 4.78 is 0. The van der Waals surface area contributed by atoms with Crippen LogP contribution in [0.25, 0.3) is 0 Å². The molecule has 3 heteroatoms. The molecule has 4 rings (SSSR count). The van der Waals surface area contributed by atoms with Crippen LogP contribution in [0, 0.1) is 11.3 Å². The Balaban J connectivity index is 2.01. The molecule has 0 aliphatic carbocycles. The van der Waals surface area contributed by atoms with Gasteiger partial charge in [0.05, 0.1) is 11.8 Å². The minimum Gasteiger partial charge on any atom is -0.287 e. The van der Waals surface area contributed by atoms with E-state index in [1.165, 1.54) is 0 Å². The average Bonchev–Trinajstić information content (AvgIpc) is 2.86. The van der Waals surface area contributed by atoms with Crippen LogP contribution >= 0.6 is 6.89 Å². The molecule has 0 bridgehead atoms. The van der Waals surface area contributed by atoms with Gasteiger partial charge in [0.25, 0.3) is 0 Å². The molecule has 150 valence electrons. The molecule has 0 N–H and O–H groups in total. The van der Waals surface area contributed by atoms with Crippen LogP contribution < -0.4 is 15.9 Å². The highest BCUT2D eigenvalue weighted by molar-refractivity contribution is 7.96. The van der Waals surface area contributed by atoms with Crippen molar-refractivity contribution in [2.75, 3.05) is 0 Å². The first-order chi connectivity index (χ1) is 15.4. The summed E-state index contributed by atoms with van der Waals surface area (Å²) in [7, 11) is 0. The number of benzene rings is 4. The maximum Gasteiger partial charge on any atom is 0.102 e. The smallest absolute Gasteiger partial charge is 0.102 e. The molecule has 0 amide bonds. The number of hydrogen-bond donors (Lipinski definition) is 0. The Kier molecular flexibility index (Phi) is 6.58. The topological polar surface area (TPSA) is 36.1 Å². The summed E-state index contributed by atoms with van der Waals surface area (Å²) in [5.41, 5.74) is 1.12. The maximum atomic E-state index is 10.4. The molecule has 0 aromatic heterocycles. The quantitative estimate of drug-likeness (QED) is 0.322. The monoisotopic (exact) mass is 418 g/mol. The number of hydrogen-bond acceptors (Lipinski definition) is 2. The summed E-state index contributed by atoms with van der Waals surface area (Å²) in [6.45, 7) is -1.83. The van der Waals surface area contributed by atoms with Crippen molar-refractivity contribution in [1.29, 1.82) is 5.26 Å². The Bertz CT molecular complexity index is 1140. The predicted octanol–water partition coefficient (Wildman–Crippen LogP) is 4.95. The van der Waals surface area contributed by atoms with Gasteiger partial charge in [-0.05, 0) is 28.4 Å². The molecule has 0 unspecified atom stereocenters. The Labute approximate surface area is 184 Å². The number of rotatable bonds is 6. The van der Waals surface area contributed by atoms with Gasteiger partial charge in [0, 0.05) is 6.21 Å². The van der Waals surface area contributed by atoms with Crippen LogP contribution in [0.2, 0.25) is 0 Å². The highest BCUT2D eigenvalue weighted by atomic mass is 31.2. The molecule has 4 aromatic rings. The summed E-state index contributed by atoms with van der Waals surface area (Å²) in [6, 6.07) is 43.8. The second kappa shape index (κ2) is 9.90. The molecule has 0 aliphatic rings. The average molecular weight is 418 g/mol. The molecule has 0 atom stereocenters. The van der Waals surface area contributed by atoms with Crippen LogP contribution in [0.1, 0.15) is 5.56 Å². The number of nitriles is 1. The van der Waals surface area contributed by atoms with Crippen molar-refractivity contribution in [2.45, 2.75) is 6.54 Å². The molecule has 0 saturated heterocycles. The van der Waals surface area contributed by atoms with Crippen LogP contribution in [-0.4, -0.2) is 11.5 Å². The summed E-state index contributed by atoms with van der Waals surface area (Å²) in [5.74, 6) is 0. The normalized spacial score (nSPS) is 11.2. The minimum atomic E-state index is -2.38. The van der Waals surface area contributed by atoms with Gasteiger partial charge < -0.3 is 0 Å². The Morgan fingerprint density at radius 1 is 0.645 bits per heavy atom. The van der Waals surface area contributed by atoms with Crippen LogP contribution in [0.3, 0.4) is 0 Å². The van der Waals surface area contributed by atoms with Gasteiger partial charge in [0.1, 0.15) is 6.07 Å². The Morgan fingerprint density at radius 3 is 1.42 bits per heavy atom. The van der Waals surface area contributed by atoms with E-state index in [0.29, 0.717) is 11.8 Å². The lowest BCUT2D eigenvalue weighted by atomic mass is 10.2. The van der Waals surface area contributed by atoms with Crippen molar-refractivity contribution in [3.8, 4) is 6.07 Å². The molecule has 0 radical (unpaired) electrons. The van der Waals surface area contributed by atoms with Crippen LogP contribution in [0.5, 0.6) is 0 Å². The van der Waals surface area contributed by atoms with Gasteiger partial charge in [-0.25, -0.2) is 0 Å².